The van der Waals surface area contributed by atoms with E-state index in [0.29, 0.717) is 21.1 Å². The van der Waals surface area contributed by atoms with Crippen LogP contribution in [0.25, 0.3) is 11.1 Å². The second-order valence-electron chi connectivity index (χ2n) is 4.90. The lowest BCUT2D eigenvalue weighted by Crippen LogP contribution is -2.07. The minimum Gasteiger partial charge on any atom is -0.219 e. The lowest BCUT2D eigenvalue weighted by Gasteiger charge is -2.20. The van der Waals surface area contributed by atoms with Crippen LogP contribution in [0.3, 0.4) is 0 Å². The smallest absolute Gasteiger partial charge is 0.144 e. The molecule has 0 aliphatic carbocycles. The molecule has 0 spiro atoms. The van der Waals surface area contributed by atoms with Crippen molar-refractivity contribution in [2.45, 2.75) is 24.5 Å². The van der Waals surface area contributed by atoms with E-state index in [-0.39, 0.29) is 0 Å². The number of rotatable bonds is 2. The van der Waals surface area contributed by atoms with Crippen molar-refractivity contribution < 1.29 is 0 Å². The van der Waals surface area contributed by atoms with Crippen molar-refractivity contribution in [3.63, 3.8) is 0 Å². The summed E-state index contributed by atoms with van der Waals surface area (Å²) < 4.78 is 0.971. The van der Waals surface area contributed by atoms with Gasteiger partial charge in [0.2, 0.25) is 0 Å². The largest absolute Gasteiger partial charge is 0.219 e. The molecule has 2 nitrogen and oxygen atoms in total. The van der Waals surface area contributed by atoms with Crippen molar-refractivity contribution in [3.8, 4) is 11.1 Å². The predicted molar refractivity (Wildman–Crippen MR) is 94.2 cm³/mol. The molecule has 1 aromatic carbocycles. The number of benzene rings is 1. The first kappa shape index (κ1) is 15.6. The van der Waals surface area contributed by atoms with Crippen LogP contribution in [0.4, 0.5) is 0 Å². The van der Waals surface area contributed by atoms with Crippen molar-refractivity contribution in [3.05, 3.63) is 44.9 Å². The Morgan fingerprint density at radius 1 is 1.14 bits per heavy atom. The lowest BCUT2D eigenvalue weighted by molar-refractivity contribution is 0.662. The second kappa shape index (κ2) is 6.86. The van der Waals surface area contributed by atoms with Gasteiger partial charge in [-0.15, -0.1) is 0 Å². The summed E-state index contributed by atoms with van der Waals surface area (Å²) in [6.45, 7) is 0. The maximum absolute atomic E-state index is 6.38. The molecule has 110 valence electrons. The van der Waals surface area contributed by atoms with Gasteiger partial charge in [-0.25, -0.2) is 9.97 Å². The summed E-state index contributed by atoms with van der Waals surface area (Å²) in [7, 11) is 0. The molecule has 0 bridgehead atoms. The molecule has 1 unspecified atom stereocenters. The van der Waals surface area contributed by atoms with Crippen LogP contribution >= 0.6 is 50.9 Å². The van der Waals surface area contributed by atoms with Crippen LogP contribution < -0.4 is 0 Å². The van der Waals surface area contributed by atoms with Gasteiger partial charge in [0, 0.05) is 4.47 Å². The Bertz CT molecular complexity index is 637. The van der Waals surface area contributed by atoms with E-state index in [1.807, 2.05) is 36.0 Å². The molecule has 1 fully saturated rings. The maximum Gasteiger partial charge on any atom is 0.144 e. The van der Waals surface area contributed by atoms with Gasteiger partial charge in [-0.3, -0.25) is 0 Å². The minimum absolute atomic E-state index is 0.310. The lowest BCUT2D eigenvalue weighted by atomic mass is 10.1. The predicted octanol–water partition coefficient (Wildman–Crippen LogP) is 6.17. The standard InChI is InChI=1S/C15H13BrCl2N2S/c16-10-5-3-4-9(8-10)12-13(17)19-15(20-14(12)18)11-6-1-2-7-21-11/h3-5,8,11H,1-2,6-7H2. The van der Waals surface area contributed by atoms with Crippen molar-refractivity contribution in [1.82, 2.24) is 9.97 Å². The third-order valence-corrected chi connectivity index (χ3v) is 5.83. The van der Waals surface area contributed by atoms with Gasteiger partial charge < -0.3 is 0 Å². The molecular weight excluding hydrogens is 391 g/mol. The zero-order valence-corrected chi connectivity index (χ0v) is 15.1. The Hall–Kier alpha value is -0.290. The monoisotopic (exact) mass is 402 g/mol. The van der Waals surface area contributed by atoms with E-state index < -0.39 is 0 Å². The Balaban J connectivity index is 2.00. The molecule has 21 heavy (non-hydrogen) atoms. The zero-order chi connectivity index (χ0) is 14.8. The van der Waals surface area contributed by atoms with E-state index in [1.165, 1.54) is 12.8 Å². The van der Waals surface area contributed by atoms with Crippen molar-refractivity contribution in [2.75, 3.05) is 5.75 Å². The van der Waals surface area contributed by atoms with Crippen LogP contribution in [0, 0.1) is 0 Å². The number of thioether (sulfide) groups is 1. The molecule has 0 radical (unpaired) electrons. The molecule has 6 heteroatoms. The molecule has 3 rings (SSSR count). The van der Waals surface area contributed by atoms with Crippen LogP contribution in [0.15, 0.2) is 28.7 Å². The fourth-order valence-corrected chi connectivity index (χ4v) is 4.65. The fourth-order valence-electron chi connectivity index (χ4n) is 2.39. The molecule has 1 aromatic heterocycles. The van der Waals surface area contributed by atoms with E-state index in [4.69, 9.17) is 23.2 Å². The van der Waals surface area contributed by atoms with E-state index in [2.05, 4.69) is 25.9 Å². The number of halogens is 3. The highest BCUT2D eigenvalue weighted by molar-refractivity contribution is 9.10. The molecule has 1 atom stereocenters. The summed E-state index contributed by atoms with van der Waals surface area (Å²) in [5.74, 6) is 1.91. The molecule has 1 saturated heterocycles. The first-order valence-electron chi connectivity index (χ1n) is 6.75. The third kappa shape index (κ3) is 3.55. The molecule has 1 aliphatic rings. The molecule has 0 amide bonds. The van der Waals surface area contributed by atoms with Crippen LogP contribution in [-0.4, -0.2) is 15.7 Å². The van der Waals surface area contributed by atoms with Gasteiger partial charge in [0.15, 0.2) is 0 Å². The number of hydrogen-bond donors (Lipinski definition) is 0. The van der Waals surface area contributed by atoms with Gasteiger partial charge in [0.05, 0.1) is 10.8 Å². The molecule has 0 saturated carbocycles. The van der Waals surface area contributed by atoms with E-state index in [9.17, 15) is 0 Å². The molecular formula is C15H13BrCl2N2S. The molecule has 2 heterocycles. The summed E-state index contributed by atoms with van der Waals surface area (Å²) in [6.07, 6.45) is 3.57. The van der Waals surface area contributed by atoms with Gasteiger partial charge in [0.25, 0.3) is 0 Å². The van der Waals surface area contributed by atoms with E-state index in [0.717, 1.165) is 28.0 Å². The summed E-state index contributed by atoms with van der Waals surface area (Å²) >= 11 is 18.1. The Morgan fingerprint density at radius 2 is 1.90 bits per heavy atom. The summed E-state index contributed by atoms with van der Waals surface area (Å²) in [4.78, 5) is 8.99. The molecule has 0 N–H and O–H groups in total. The van der Waals surface area contributed by atoms with Gasteiger partial charge in [-0.1, -0.05) is 57.7 Å². The van der Waals surface area contributed by atoms with Gasteiger partial charge in [0.1, 0.15) is 16.1 Å². The van der Waals surface area contributed by atoms with Crippen LogP contribution in [0.1, 0.15) is 30.3 Å². The van der Waals surface area contributed by atoms with E-state index >= 15 is 0 Å². The van der Waals surface area contributed by atoms with Crippen molar-refractivity contribution in [1.29, 1.82) is 0 Å². The maximum atomic E-state index is 6.38. The zero-order valence-electron chi connectivity index (χ0n) is 11.2. The number of nitrogens with zero attached hydrogens (tertiary/aromatic N) is 2. The SMILES string of the molecule is Clc1nc(C2CCCCS2)nc(Cl)c1-c1cccc(Br)c1. The average molecular weight is 404 g/mol. The summed E-state index contributed by atoms with van der Waals surface area (Å²) in [5, 5.41) is 1.16. The highest BCUT2D eigenvalue weighted by atomic mass is 79.9. The fraction of sp³-hybridized carbons (Fsp3) is 0.333. The third-order valence-electron chi connectivity index (χ3n) is 3.42. The minimum atomic E-state index is 0.310. The van der Waals surface area contributed by atoms with Crippen LogP contribution in [0.5, 0.6) is 0 Å². The Labute approximate surface area is 146 Å². The Kier molecular flexibility index (Phi) is 5.10. The number of aromatic nitrogens is 2. The highest BCUT2D eigenvalue weighted by Crippen LogP contribution is 2.40. The molecule has 1 aliphatic heterocycles. The quantitative estimate of drug-likeness (QED) is 0.560. The van der Waals surface area contributed by atoms with Gasteiger partial charge >= 0.3 is 0 Å². The second-order valence-corrected chi connectivity index (χ2v) is 7.85. The van der Waals surface area contributed by atoms with Crippen molar-refractivity contribution in [2.24, 2.45) is 0 Å². The average Bonchev–Trinajstić information content (AvgIpc) is 2.47. The van der Waals surface area contributed by atoms with Crippen LogP contribution in [0.2, 0.25) is 10.3 Å². The first-order valence-corrected chi connectivity index (χ1v) is 9.35. The molecule has 2 aromatic rings. The van der Waals surface area contributed by atoms with Gasteiger partial charge in [-0.2, -0.15) is 11.8 Å². The first-order chi connectivity index (χ1) is 10.1. The van der Waals surface area contributed by atoms with Gasteiger partial charge in [-0.05, 0) is 36.3 Å². The number of hydrogen-bond acceptors (Lipinski definition) is 3. The Morgan fingerprint density at radius 3 is 2.52 bits per heavy atom. The van der Waals surface area contributed by atoms with Crippen molar-refractivity contribution >= 4 is 50.9 Å². The summed E-state index contributed by atoms with van der Waals surface area (Å²) in [6, 6.07) is 7.82. The van der Waals surface area contributed by atoms with E-state index in [1.54, 1.807) is 0 Å². The summed E-state index contributed by atoms with van der Waals surface area (Å²) in [5.41, 5.74) is 1.62. The van der Waals surface area contributed by atoms with Crippen LogP contribution in [-0.2, 0) is 0 Å². The highest BCUT2D eigenvalue weighted by Gasteiger charge is 2.22. The topological polar surface area (TPSA) is 25.8 Å². The normalized spacial score (nSPS) is 18.7.